The fraction of sp³-hybridized carbons (Fsp3) is 0.692. The van der Waals surface area contributed by atoms with Gasteiger partial charge in [-0.25, -0.2) is 0 Å². The lowest BCUT2D eigenvalue weighted by Gasteiger charge is -2.19. The molecule has 0 spiro atoms. The van der Waals surface area contributed by atoms with E-state index in [0.29, 0.717) is 5.41 Å². The van der Waals surface area contributed by atoms with Crippen LogP contribution in [0.1, 0.15) is 32.3 Å². The fourth-order valence-corrected chi connectivity index (χ4v) is 2.24. The molecule has 0 unspecified atom stereocenters. The van der Waals surface area contributed by atoms with Gasteiger partial charge in [0.25, 0.3) is 0 Å². The average molecular weight is 206 g/mol. The van der Waals surface area contributed by atoms with Crippen LogP contribution in [0.4, 0.5) is 0 Å². The van der Waals surface area contributed by atoms with Crippen molar-refractivity contribution in [3.8, 4) is 0 Å². The maximum atomic E-state index is 3.59. The van der Waals surface area contributed by atoms with Gasteiger partial charge in [0.05, 0.1) is 0 Å². The predicted molar refractivity (Wildman–Crippen MR) is 63.6 cm³/mol. The molecule has 0 amide bonds. The third-order valence-corrected chi connectivity index (χ3v) is 3.82. The van der Waals surface area contributed by atoms with Crippen LogP contribution in [0.2, 0.25) is 0 Å². The van der Waals surface area contributed by atoms with Crippen molar-refractivity contribution in [2.45, 2.75) is 33.2 Å². The van der Waals surface area contributed by atoms with Crippen molar-refractivity contribution >= 4 is 0 Å². The summed E-state index contributed by atoms with van der Waals surface area (Å²) in [7, 11) is 2.07. The van der Waals surface area contributed by atoms with Crippen molar-refractivity contribution in [2.75, 3.05) is 6.54 Å². The molecule has 1 aliphatic rings. The Kier molecular flexibility index (Phi) is 2.87. The first-order valence-corrected chi connectivity index (χ1v) is 5.94. The lowest BCUT2D eigenvalue weighted by Crippen LogP contribution is -2.27. The van der Waals surface area contributed by atoms with Crippen molar-refractivity contribution in [2.24, 2.45) is 18.4 Å². The molecule has 1 aromatic rings. The first-order valence-electron chi connectivity index (χ1n) is 5.94. The molecule has 0 bridgehead atoms. The van der Waals surface area contributed by atoms with Crippen LogP contribution in [0, 0.1) is 11.3 Å². The summed E-state index contributed by atoms with van der Waals surface area (Å²) in [6, 6.07) is 2.18. The van der Waals surface area contributed by atoms with Crippen molar-refractivity contribution < 1.29 is 0 Å². The van der Waals surface area contributed by atoms with E-state index in [4.69, 9.17) is 0 Å². The van der Waals surface area contributed by atoms with Gasteiger partial charge in [-0.3, -0.25) is 0 Å². The van der Waals surface area contributed by atoms with E-state index in [-0.39, 0.29) is 0 Å². The Morgan fingerprint density at radius 2 is 2.20 bits per heavy atom. The van der Waals surface area contributed by atoms with Gasteiger partial charge >= 0.3 is 0 Å². The van der Waals surface area contributed by atoms with E-state index < -0.39 is 0 Å². The van der Waals surface area contributed by atoms with Crippen LogP contribution < -0.4 is 5.32 Å². The zero-order chi connectivity index (χ0) is 10.9. The summed E-state index contributed by atoms with van der Waals surface area (Å²) in [5.41, 5.74) is 2.01. The predicted octanol–water partition coefficient (Wildman–Crippen LogP) is 2.55. The van der Waals surface area contributed by atoms with Gasteiger partial charge in [-0.05, 0) is 35.8 Å². The highest BCUT2D eigenvalue weighted by atomic mass is 14.9. The molecule has 1 N–H and O–H groups in total. The third-order valence-electron chi connectivity index (χ3n) is 3.82. The summed E-state index contributed by atoms with van der Waals surface area (Å²) in [5.74, 6) is 0.820. The van der Waals surface area contributed by atoms with Gasteiger partial charge in [-0.1, -0.05) is 13.8 Å². The number of hydrogen-bond acceptors (Lipinski definition) is 1. The van der Waals surface area contributed by atoms with Crippen LogP contribution in [-0.4, -0.2) is 11.1 Å². The highest BCUT2D eigenvalue weighted by molar-refractivity contribution is 5.09. The number of hydrogen-bond donors (Lipinski definition) is 1. The highest BCUT2D eigenvalue weighted by Gasteiger charge is 2.44. The van der Waals surface area contributed by atoms with Crippen LogP contribution in [0.15, 0.2) is 18.5 Å². The Morgan fingerprint density at radius 3 is 2.67 bits per heavy atom. The topological polar surface area (TPSA) is 17.0 Å². The first-order chi connectivity index (χ1) is 7.12. The molecule has 0 atom stereocenters. The SMILES string of the molecule is CC(C)C1(CNCc2ccn(C)c2)CC1. The number of aryl methyl sites for hydroxylation is 1. The molecule has 2 heteroatoms. The summed E-state index contributed by atoms with van der Waals surface area (Å²) in [5, 5.41) is 3.59. The van der Waals surface area contributed by atoms with Crippen molar-refractivity contribution in [1.29, 1.82) is 0 Å². The molecule has 1 heterocycles. The molecule has 0 aliphatic heterocycles. The molecule has 15 heavy (non-hydrogen) atoms. The molecular formula is C13H22N2. The smallest absolute Gasteiger partial charge is 0.0220 e. The highest BCUT2D eigenvalue weighted by Crippen LogP contribution is 2.51. The molecular weight excluding hydrogens is 184 g/mol. The number of nitrogens with one attached hydrogen (secondary N) is 1. The summed E-state index contributed by atoms with van der Waals surface area (Å²) in [6.45, 7) is 6.88. The zero-order valence-electron chi connectivity index (χ0n) is 10.1. The Bertz CT molecular complexity index is 321. The minimum Gasteiger partial charge on any atom is -0.357 e. The van der Waals surface area contributed by atoms with Crippen LogP contribution in [0.25, 0.3) is 0 Å². The number of aromatic nitrogens is 1. The third kappa shape index (κ3) is 2.43. The standard InChI is InChI=1S/C13H22N2/c1-11(2)13(5-6-13)10-14-8-12-4-7-15(3)9-12/h4,7,9,11,14H,5-6,8,10H2,1-3H3. The lowest BCUT2D eigenvalue weighted by molar-refractivity contribution is 0.338. The minimum atomic E-state index is 0.620. The van der Waals surface area contributed by atoms with Crippen molar-refractivity contribution in [3.63, 3.8) is 0 Å². The Hall–Kier alpha value is -0.760. The van der Waals surface area contributed by atoms with E-state index in [1.165, 1.54) is 24.9 Å². The molecule has 2 rings (SSSR count). The maximum absolute atomic E-state index is 3.59. The molecule has 0 aromatic carbocycles. The molecule has 1 aromatic heterocycles. The van der Waals surface area contributed by atoms with E-state index in [2.05, 4.69) is 49.2 Å². The molecule has 0 radical (unpaired) electrons. The quantitative estimate of drug-likeness (QED) is 0.783. The fourth-order valence-electron chi connectivity index (χ4n) is 2.24. The molecule has 84 valence electrons. The van der Waals surface area contributed by atoms with Crippen LogP contribution in [0.5, 0.6) is 0 Å². The van der Waals surface area contributed by atoms with E-state index in [1.54, 1.807) is 0 Å². The summed E-state index contributed by atoms with van der Waals surface area (Å²) < 4.78 is 2.10. The molecule has 1 saturated carbocycles. The van der Waals surface area contributed by atoms with Gasteiger partial charge in [-0.2, -0.15) is 0 Å². The molecule has 2 nitrogen and oxygen atoms in total. The van der Waals surface area contributed by atoms with Gasteiger partial charge in [-0.15, -0.1) is 0 Å². The van der Waals surface area contributed by atoms with Crippen molar-refractivity contribution in [1.82, 2.24) is 9.88 Å². The van der Waals surface area contributed by atoms with E-state index in [1.807, 2.05) is 0 Å². The maximum Gasteiger partial charge on any atom is 0.0220 e. The van der Waals surface area contributed by atoms with Gasteiger partial charge in [0.1, 0.15) is 0 Å². The van der Waals surface area contributed by atoms with E-state index in [0.717, 1.165) is 12.5 Å². The lowest BCUT2D eigenvalue weighted by atomic mass is 9.92. The second kappa shape index (κ2) is 4.01. The molecule has 0 saturated heterocycles. The van der Waals surface area contributed by atoms with Crippen LogP contribution in [-0.2, 0) is 13.6 Å². The van der Waals surface area contributed by atoms with Gasteiger partial charge < -0.3 is 9.88 Å². The number of nitrogens with zero attached hydrogens (tertiary/aromatic N) is 1. The Labute approximate surface area is 92.7 Å². The average Bonchev–Trinajstić information content (AvgIpc) is 2.86. The summed E-state index contributed by atoms with van der Waals surface area (Å²) in [4.78, 5) is 0. The normalized spacial score (nSPS) is 18.4. The Morgan fingerprint density at radius 1 is 1.47 bits per heavy atom. The zero-order valence-corrected chi connectivity index (χ0v) is 10.1. The minimum absolute atomic E-state index is 0.620. The van der Waals surface area contributed by atoms with E-state index in [9.17, 15) is 0 Å². The molecule has 1 aliphatic carbocycles. The summed E-state index contributed by atoms with van der Waals surface area (Å²) >= 11 is 0. The number of rotatable bonds is 5. The van der Waals surface area contributed by atoms with Gasteiger partial charge in [0.15, 0.2) is 0 Å². The van der Waals surface area contributed by atoms with Crippen molar-refractivity contribution in [3.05, 3.63) is 24.0 Å². The monoisotopic (exact) mass is 206 g/mol. The van der Waals surface area contributed by atoms with Gasteiger partial charge in [0.2, 0.25) is 0 Å². The Balaban J connectivity index is 1.76. The first kappa shape index (κ1) is 10.7. The van der Waals surface area contributed by atoms with E-state index >= 15 is 0 Å². The van der Waals surface area contributed by atoms with Crippen LogP contribution >= 0.6 is 0 Å². The van der Waals surface area contributed by atoms with Crippen LogP contribution in [0.3, 0.4) is 0 Å². The second-order valence-electron chi connectivity index (χ2n) is 5.31. The summed E-state index contributed by atoms with van der Waals surface area (Å²) in [6.07, 6.45) is 7.10. The second-order valence-corrected chi connectivity index (χ2v) is 5.31. The molecule has 1 fully saturated rings. The largest absolute Gasteiger partial charge is 0.357 e. The van der Waals surface area contributed by atoms with Gasteiger partial charge in [0, 0.05) is 32.5 Å².